The van der Waals surface area contributed by atoms with Crippen LogP contribution in [0.15, 0.2) is 64.8 Å². The van der Waals surface area contributed by atoms with Gasteiger partial charge in [-0.25, -0.2) is 4.98 Å². The Morgan fingerprint density at radius 1 is 1.16 bits per heavy atom. The number of hydrogen-bond acceptors (Lipinski definition) is 3. The highest BCUT2D eigenvalue weighted by molar-refractivity contribution is 5.81. The Bertz CT molecular complexity index is 945. The first-order valence-corrected chi connectivity index (χ1v) is 12.0. The van der Waals surface area contributed by atoms with E-state index in [0.717, 1.165) is 17.8 Å². The second-order valence-corrected chi connectivity index (χ2v) is 9.98. The Labute approximate surface area is 188 Å². The third-order valence-electron chi connectivity index (χ3n) is 6.93. The highest BCUT2D eigenvalue weighted by Crippen LogP contribution is 2.36. The van der Waals surface area contributed by atoms with Crippen molar-refractivity contribution < 1.29 is 0 Å². The molecular formula is C28H37N3. The molecule has 0 saturated carbocycles. The molecule has 1 aliphatic heterocycles. The van der Waals surface area contributed by atoms with Gasteiger partial charge in [0.1, 0.15) is 0 Å². The van der Waals surface area contributed by atoms with Gasteiger partial charge in [-0.15, -0.1) is 0 Å². The third-order valence-corrected chi connectivity index (χ3v) is 6.93. The van der Waals surface area contributed by atoms with E-state index in [1.807, 2.05) is 6.21 Å². The van der Waals surface area contributed by atoms with E-state index >= 15 is 0 Å². The molecule has 0 aromatic carbocycles. The largest absolute Gasteiger partial charge is 0.385 e. The average molecular weight is 416 g/mol. The van der Waals surface area contributed by atoms with E-state index < -0.39 is 0 Å². The van der Waals surface area contributed by atoms with Crippen LogP contribution in [0.5, 0.6) is 0 Å². The van der Waals surface area contributed by atoms with E-state index in [4.69, 9.17) is 9.98 Å². The molecule has 1 aromatic rings. The molecule has 31 heavy (non-hydrogen) atoms. The standard InChI is InChI=1S/C28H37N3/c1-18(2)23-11-8-12-24(19(3)4)28(23)29-17-22-10-7-14-26(31-22)25-13-6-9-21-16-15-20(5)30-27(21)25/h6-8,10-14,17-21,23,28,30H,9,15-16H2,1-5H3/b29-17+. The monoisotopic (exact) mass is 415 g/mol. The van der Waals surface area contributed by atoms with E-state index in [1.54, 1.807) is 0 Å². The van der Waals surface area contributed by atoms with Crippen LogP contribution in [0.25, 0.3) is 5.57 Å². The summed E-state index contributed by atoms with van der Waals surface area (Å²) in [6.07, 6.45) is 17.0. The minimum absolute atomic E-state index is 0.192. The molecule has 4 atom stereocenters. The normalized spacial score (nSPS) is 28.3. The summed E-state index contributed by atoms with van der Waals surface area (Å²) in [5.41, 5.74) is 6.03. The first-order valence-electron chi connectivity index (χ1n) is 12.0. The molecule has 3 aliphatic rings. The first kappa shape index (κ1) is 21.8. The second kappa shape index (κ2) is 9.38. The lowest BCUT2D eigenvalue weighted by Crippen LogP contribution is -2.36. The van der Waals surface area contributed by atoms with Crippen molar-refractivity contribution in [2.45, 2.75) is 66.0 Å². The zero-order chi connectivity index (χ0) is 22.0. The molecule has 3 nitrogen and oxygen atoms in total. The Morgan fingerprint density at radius 3 is 2.77 bits per heavy atom. The van der Waals surface area contributed by atoms with Gasteiger partial charge in [0, 0.05) is 35.4 Å². The topological polar surface area (TPSA) is 37.3 Å². The smallest absolute Gasteiger partial charge is 0.0815 e. The van der Waals surface area contributed by atoms with Crippen LogP contribution in [0.2, 0.25) is 0 Å². The summed E-state index contributed by atoms with van der Waals surface area (Å²) in [5, 5.41) is 3.75. The molecule has 1 saturated heterocycles. The summed E-state index contributed by atoms with van der Waals surface area (Å²) in [5.74, 6) is 2.08. The van der Waals surface area contributed by atoms with Crippen LogP contribution in [0, 0.1) is 23.7 Å². The van der Waals surface area contributed by atoms with Gasteiger partial charge in [-0.05, 0) is 55.7 Å². The molecule has 1 aromatic heterocycles. The number of piperidine rings is 1. The van der Waals surface area contributed by atoms with Gasteiger partial charge in [-0.2, -0.15) is 0 Å². The lowest BCUT2D eigenvalue weighted by atomic mass is 9.78. The van der Waals surface area contributed by atoms with Gasteiger partial charge in [0.25, 0.3) is 0 Å². The molecule has 4 rings (SSSR count). The Balaban J connectivity index is 1.63. The summed E-state index contributed by atoms with van der Waals surface area (Å²) < 4.78 is 0. The van der Waals surface area contributed by atoms with Crippen molar-refractivity contribution in [1.29, 1.82) is 0 Å². The van der Waals surface area contributed by atoms with Crippen LogP contribution in [-0.4, -0.2) is 23.3 Å². The van der Waals surface area contributed by atoms with Crippen LogP contribution in [-0.2, 0) is 0 Å². The van der Waals surface area contributed by atoms with Crippen molar-refractivity contribution >= 4 is 11.8 Å². The lowest BCUT2D eigenvalue weighted by Gasteiger charge is -2.34. The molecule has 2 aliphatic carbocycles. The molecule has 164 valence electrons. The minimum Gasteiger partial charge on any atom is -0.385 e. The average Bonchev–Trinajstić information content (AvgIpc) is 2.77. The zero-order valence-corrected chi connectivity index (χ0v) is 19.7. The third kappa shape index (κ3) is 4.76. The highest BCUT2D eigenvalue weighted by Gasteiger charge is 2.29. The fourth-order valence-electron chi connectivity index (χ4n) is 5.10. The quantitative estimate of drug-likeness (QED) is 0.569. The van der Waals surface area contributed by atoms with Crippen LogP contribution in [0.1, 0.15) is 65.3 Å². The number of allylic oxidation sites excluding steroid dienone is 6. The van der Waals surface area contributed by atoms with E-state index in [0.29, 0.717) is 29.7 Å². The summed E-state index contributed by atoms with van der Waals surface area (Å²) in [7, 11) is 0. The van der Waals surface area contributed by atoms with E-state index in [-0.39, 0.29) is 6.04 Å². The Kier molecular flexibility index (Phi) is 6.60. The van der Waals surface area contributed by atoms with Gasteiger partial charge in [0.05, 0.1) is 17.4 Å². The van der Waals surface area contributed by atoms with Crippen molar-refractivity contribution in [3.05, 3.63) is 71.2 Å². The van der Waals surface area contributed by atoms with Gasteiger partial charge >= 0.3 is 0 Å². The lowest BCUT2D eigenvalue weighted by molar-refractivity contribution is 0.383. The number of aliphatic imine (C=N–C) groups is 1. The number of hydrogen-bond donors (Lipinski definition) is 1. The van der Waals surface area contributed by atoms with Crippen molar-refractivity contribution in [3.8, 4) is 0 Å². The maximum Gasteiger partial charge on any atom is 0.0815 e. The summed E-state index contributed by atoms with van der Waals surface area (Å²) in [4.78, 5) is 10.1. The van der Waals surface area contributed by atoms with Crippen LogP contribution in [0.3, 0.4) is 0 Å². The molecule has 0 bridgehead atoms. The fraction of sp³-hybridized carbons (Fsp3) is 0.500. The van der Waals surface area contributed by atoms with E-state index in [2.05, 4.69) is 88.5 Å². The first-order chi connectivity index (χ1) is 14.9. The number of nitrogens with zero attached hydrogens (tertiary/aromatic N) is 2. The number of nitrogens with one attached hydrogen (secondary N) is 1. The number of pyridine rings is 1. The SMILES string of the molecule is CC1CCC2CC=CC(c3cccc(/C=N/C4C(C(C)C)=CC=CC4C(C)C)n3)=C2N1. The number of rotatable bonds is 5. The van der Waals surface area contributed by atoms with Crippen LogP contribution >= 0.6 is 0 Å². The van der Waals surface area contributed by atoms with Gasteiger partial charge in [0.15, 0.2) is 0 Å². The fourth-order valence-corrected chi connectivity index (χ4v) is 5.10. The highest BCUT2D eigenvalue weighted by atomic mass is 14.9. The number of aromatic nitrogens is 1. The Hall–Kier alpha value is -2.42. The maximum absolute atomic E-state index is 5.08. The maximum atomic E-state index is 5.08. The predicted molar refractivity (Wildman–Crippen MR) is 132 cm³/mol. The van der Waals surface area contributed by atoms with Gasteiger partial charge < -0.3 is 5.32 Å². The molecule has 0 radical (unpaired) electrons. The molecule has 1 fully saturated rings. The van der Waals surface area contributed by atoms with Crippen LogP contribution in [0.4, 0.5) is 0 Å². The molecule has 4 unspecified atom stereocenters. The summed E-state index contributed by atoms with van der Waals surface area (Å²) >= 11 is 0. The molecular weight excluding hydrogens is 378 g/mol. The van der Waals surface area contributed by atoms with Crippen molar-refractivity contribution in [2.24, 2.45) is 28.7 Å². The molecule has 0 spiro atoms. The second-order valence-electron chi connectivity index (χ2n) is 9.98. The minimum atomic E-state index is 0.192. The van der Waals surface area contributed by atoms with Gasteiger partial charge in [-0.3, -0.25) is 4.99 Å². The van der Waals surface area contributed by atoms with Crippen molar-refractivity contribution in [3.63, 3.8) is 0 Å². The molecule has 2 heterocycles. The number of fused-ring (bicyclic) bond motifs is 1. The van der Waals surface area contributed by atoms with E-state index in [1.165, 1.54) is 29.7 Å². The molecule has 0 amide bonds. The van der Waals surface area contributed by atoms with Crippen LogP contribution < -0.4 is 5.32 Å². The summed E-state index contributed by atoms with van der Waals surface area (Å²) in [6, 6.07) is 7.04. The molecule has 1 N–H and O–H groups in total. The zero-order valence-electron chi connectivity index (χ0n) is 19.7. The van der Waals surface area contributed by atoms with Gasteiger partial charge in [0.2, 0.25) is 0 Å². The van der Waals surface area contributed by atoms with Gasteiger partial charge in [-0.1, -0.05) is 64.1 Å². The molecule has 3 heteroatoms. The van der Waals surface area contributed by atoms with Crippen molar-refractivity contribution in [2.75, 3.05) is 0 Å². The van der Waals surface area contributed by atoms with E-state index in [9.17, 15) is 0 Å². The summed E-state index contributed by atoms with van der Waals surface area (Å²) in [6.45, 7) is 11.4. The Morgan fingerprint density at radius 2 is 2.00 bits per heavy atom. The van der Waals surface area contributed by atoms with Crippen molar-refractivity contribution in [1.82, 2.24) is 10.3 Å². The predicted octanol–water partition coefficient (Wildman–Crippen LogP) is 6.35.